The van der Waals surface area contributed by atoms with E-state index in [-0.39, 0.29) is 11.9 Å². The quantitative estimate of drug-likeness (QED) is 0.451. The molecular formula is C16H25N3OS. The summed E-state index contributed by atoms with van der Waals surface area (Å²) in [5.74, 6) is -0.0948. The first kappa shape index (κ1) is 17.7. The van der Waals surface area contributed by atoms with E-state index < -0.39 is 0 Å². The number of aromatic nitrogens is 2. The van der Waals surface area contributed by atoms with Crippen LogP contribution in [0.1, 0.15) is 50.8 Å². The average molecular weight is 307 g/mol. The molecule has 4 nitrogen and oxygen atoms in total. The first-order valence-electron chi connectivity index (χ1n) is 7.45. The Hall–Kier alpha value is -1.36. The summed E-state index contributed by atoms with van der Waals surface area (Å²) in [6.07, 6.45) is 5.66. The lowest BCUT2D eigenvalue weighted by molar-refractivity contribution is -0.117. The van der Waals surface area contributed by atoms with E-state index >= 15 is 0 Å². The first-order chi connectivity index (χ1) is 9.99. The minimum atomic E-state index is -0.0948. The Bertz CT molecular complexity index is 496. The number of hydrogen-bond donors (Lipinski definition) is 1. The Kier molecular flexibility index (Phi) is 7.43. The minimum absolute atomic E-state index is 0.0948. The van der Waals surface area contributed by atoms with Crippen LogP contribution in [0.2, 0.25) is 0 Å². The molecular weight excluding hydrogens is 282 g/mol. The van der Waals surface area contributed by atoms with Crippen LogP contribution in [0.3, 0.4) is 0 Å². The van der Waals surface area contributed by atoms with E-state index in [1.807, 2.05) is 13.8 Å². The van der Waals surface area contributed by atoms with Crippen LogP contribution in [-0.4, -0.2) is 21.9 Å². The van der Waals surface area contributed by atoms with E-state index in [4.69, 9.17) is 0 Å². The highest BCUT2D eigenvalue weighted by atomic mass is 32.2. The smallest absolute Gasteiger partial charge is 0.257 e. The zero-order chi connectivity index (χ0) is 15.8. The molecule has 0 atom stereocenters. The van der Waals surface area contributed by atoms with Gasteiger partial charge in [0.05, 0.1) is 4.91 Å². The molecule has 1 aromatic rings. The maximum Gasteiger partial charge on any atom is 0.257 e. The van der Waals surface area contributed by atoms with Crippen molar-refractivity contribution in [3.8, 4) is 0 Å². The van der Waals surface area contributed by atoms with E-state index in [1.54, 1.807) is 0 Å². The number of aryl methyl sites for hydroxylation is 1. The standard InChI is InChI=1S/C16H25N3OS/c1-6-8-14(9-7-2)19-15(20)13(5)21-16-11(3)12(4)17-10-18-16/h10,14H,5-9H2,1-4H3,(H,19,20). The highest BCUT2D eigenvalue weighted by Crippen LogP contribution is 2.27. The van der Waals surface area contributed by atoms with Crippen LogP contribution in [0, 0.1) is 13.8 Å². The van der Waals surface area contributed by atoms with Crippen molar-refractivity contribution in [3.63, 3.8) is 0 Å². The number of rotatable bonds is 8. The van der Waals surface area contributed by atoms with Gasteiger partial charge in [-0.15, -0.1) is 0 Å². The molecule has 0 saturated heterocycles. The normalized spacial score (nSPS) is 10.7. The Morgan fingerprint density at radius 2 is 1.90 bits per heavy atom. The molecule has 0 unspecified atom stereocenters. The van der Waals surface area contributed by atoms with Gasteiger partial charge in [-0.25, -0.2) is 9.97 Å². The van der Waals surface area contributed by atoms with Crippen LogP contribution in [0.4, 0.5) is 0 Å². The molecule has 0 aromatic carbocycles. The lowest BCUT2D eigenvalue weighted by Crippen LogP contribution is -2.34. The van der Waals surface area contributed by atoms with Crippen molar-refractivity contribution in [1.29, 1.82) is 0 Å². The van der Waals surface area contributed by atoms with Gasteiger partial charge in [0.2, 0.25) is 0 Å². The van der Waals surface area contributed by atoms with Gasteiger partial charge < -0.3 is 5.32 Å². The van der Waals surface area contributed by atoms with E-state index in [9.17, 15) is 4.79 Å². The molecule has 0 fully saturated rings. The summed E-state index contributed by atoms with van der Waals surface area (Å²) in [7, 11) is 0. The van der Waals surface area contributed by atoms with Crippen molar-refractivity contribution in [1.82, 2.24) is 15.3 Å². The number of carbonyl (C=O) groups is 1. The lowest BCUT2D eigenvalue weighted by atomic mass is 10.1. The summed E-state index contributed by atoms with van der Waals surface area (Å²) in [4.78, 5) is 21.1. The van der Waals surface area contributed by atoms with Gasteiger partial charge in [-0.05, 0) is 26.7 Å². The van der Waals surface area contributed by atoms with Crippen molar-refractivity contribution < 1.29 is 4.79 Å². The highest BCUT2D eigenvalue weighted by molar-refractivity contribution is 8.04. The summed E-state index contributed by atoms with van der Waals surface area (Å²) in [5.41, 5.74) is 1.92. The van der Waals surface area contributed by atoms with Crippen LogP contribution in [0.15, 0.2) is 22.8 Å². The molecule has 0 radical (unpaired) electrons. The fourth-order valence-electron chi connectivity index (χ4n) is 2.03. The first-order valence-corrected chi connectivity index (χ1v) is 8.27. The van der Waals surface area contributed by atoms with Gasteiger partial charge in [0, 0.05) is 17.3 Å². The molecule has 0 spiro atoms. The maximum atomic E-state index is 12.2. The number of amides is 1. The molecule has 1 aromatic heterocycles. The summed E-state index contributed by atoms with van der Waals surface area (Å²) in [6, 6.07) is 0.234. The second-order valence-corrected chi connectivity index (χ2v) is 6.25. The van der Waals surface area contributed by atoms with Gasteiger partial charge in [-0.3, -0.25) is 4.79 Å². The van der Waals surface area contributed by atoms with E-state index in [2.05, 4.69) is 35.7 Å². The van der Waals surface area contributed by atoms with Crippen LogP contribution in [0.5, 0.6) is 0 Å². The molecule has 1 amide bonds. The second kappa shape index (κ2) is 8.82. The summed E-state index contributed by atoms with van der Waals surface area (Å²) >= 11 is 1.31. The maximum absolute atomic E-state index is 12.2. The number of hydrogen-bond acceptors (Lipinski definition) is 4. The monoisotopic (exact) mass is 307 g/mol. The Balaban J connectivity index is 2.66. The second-order valence-electron chi connectivity index (χ2n) is 5.16. The Morgan fingerprint density at radius 3 is 2.48 bits per heavy atom. The minimum Gasteiger partial charge on any atom is -0.349 e. The van der Waals surface area contributed by atoms with Crippen molar-refractivity contribution >= 4 is 17.7 Å². The topological polar surface area (TPSA) is 54.9 Å². The molecule has 0 saturated carbocycles. The number of nitrogens with one attached hydrogen (secondary N) is 1. The molecule has 5 heteroatoms. The van der Waals surface area contributed by atoms with Crippen LogP contribution in [0.25, 0.3) is 0 Å². The fraction of sp³-hybridized carbons (Fsp3) is 0.562. The molecule has 0 aliphatic heterocycles. The van der Waals surface area contributed by atoms with E-state index in [0.717, 1.165) is 42.0 Å². The zero-order valence-corrected chi connectivity index (χ0v) is 14.2. The lowest BCUT2D eigenvalue weighted by Gasteiger charge is -2.18. The molecule has 0 bridgehead atoms. The third-order valence-electron chi connectivity index (χ3n) is 3.37. The number of carbonyl (C=O) groups excluding carboxylic acids is 1. The summed E-state index contributed by atoms with van der Waals surface area (Å²) in [6.45, 7) is 12.0. The zero-order valence-electron chi connectivity index (χ0n) is 13.4. The molecule has 1 heterocycles. The Morgan fingerprint density at radius 1 is 1.29 bits per heavy atom. The van der Waals surface area contributed by atoms with Gasteiger partial charge in [0.15, 0.2) is 0 Å². The van der Waals surface area contributed by atoms with Gasteiger partial charge in [0.1, 0.15) is 11.4 Å². The van der Waals surface area contributed by atoms with Gasteiger partial charge in [-0.2, -0.15) is 0 Å². The molecule has 0 aliphatic rings. The molecule has 1 rings (SSSR count). The number of nitrogens with zero attached hydrogens (tertiary/aromatic N) is 2. The van der Waals surface area contributed by atoms with Crippen molar-refractivity contribution in [2.75, 3.05) is 0 Å². The average Bonchev–Trinajstić information content (AvgIpc) is 2.44. The summed E-state index contributed by atoms with van der Waals surface area (Å²) in [5, 5.41) is 3.87. The van der Waals surface area contributed by atoms with Crippen LogP contribution < -0.4 is 5.32 Å². The predicted octanol–water partition coefficient (Wildman–Crippen LogP) is 3.78. The van der Waals surface area contributed by atoms with Crippen LogP contribution in [-0.2, 0) is 4.79 Å². The number of thioether (sulfide) groups is 1. The van der Waals surface area contributed by atoms with Crippen molar-refractivity contribution in [3.05, 3.63) is 29.1 Å². The third-order valence-corrected chi connectivity index (χ3v) is 4.41. The predicted molar refractivity (Wildman–Crippen MR) is 88.2 cm³/mol. The van der Waals surface area contributed by atoms with E-state index in [1.165, 1.54) is 18.1 Å². The molecule has 116 valence electrons. The van der Waals surface area contributed by atoms with Crippen molar-refractivity contribution in [2.24, 2.45) is 0 Å². The SMILES string of the molecule is C=C(Sc1ncnc(C)c1C)C(=O)NC(CCC)CCC. The summed E-state index contributed by atoms with van der Waals surface area (Å²) < 4.78 is 0. The molecule has 21 heavy (non-hydrogen) atoms. The van der Waals surface area contributed by atoms with Crippen LogP contribution >= 0.6 is 11.8 Å². The fourth-order valence-corrected chi connectivity index (χ4v) is 2.82. The van der Waals surface area contributed by atoms with Gasteiger partial charge in [-0.1, -0.05) is 45.0 Å². The van der Waals surface area contributed by atoms with E-state index in [0.29, 0.717) is 4.91 Å². The van der Waals surface area contributed by atoms with Crippen molar-refractivity contribution in [2.45, 2.75) is 64.4 Å². The highest BCUT2D eigenvalue weighted by Gasteiger charge is 2.16. The molecule has 0 aliphatic carbocycles. The molecule has 1 N–H and O–H groups in total. The third kappa shape index (κ3) is 5.50. The van der Waals surface area contributed by atoms with Gasteiger partial charge in [0.25, 0.3) is 5.91 Å². The van der Waals surface area contributed by atoms with Gasteiger partial charge >= 0.3 is 0 Å². The largest absolute Gasteiger partial charge is 0.349 e. The Labute approximate surface area is 131 Å².